The fourth-order valence-corrected chi connectivity index (χ4v) is 2.25. The third-order valence-electron chi connectivity index (χ3n) is 3.28. The van der Waals surface area contributed by atoms with Crippen LogP contribution < -0.4 is 0 Å². The fourth-order valence-electron chi connectivity index (χ4n) is 2.25. The summed E-state index contributed by atoms with van der Waals surface area (Å²) in [6, 6.07) is 0. The number of Topliss-reactive ketones (excluding diaryl/α,β-unsaturated/α-hetero) is 2. The van der Waals surface area contributed by atoms with E-state index in [9.17, 15) is 14.7 Å². The van der Waals surface area contributed by atoms with E-state index in [1.807, 2.05) is 0 Å². The third-order valence-corrected chi connectivity index (χ3v) is 3.28. The van der Waals surface area contributed by atoms with Crippen molar-refractivity contribution in [2.24, 2.45) is 5.92 Å². The molecule has 0 spiro atoms. The lowest BCUT2D eigenvalue weighted by atomic mass is 9.97. The molecule has 2 atom stereocenters. The highest BCUT2D eigenvalue weighted by Crippen LogP contribution is 2.26. The molecule has 0 aromatic rings. The van der Waals surface area contributed by atoms with Crippen LogP contribution in [0.15, 0.2) is 0 Å². The summed E-state index contributed by atoms with van der Waals surface area (Å²) < 4.78 is 0. The van der Waals surface area contributed by atoms with Crippen LogP contribution in [0.1, 0.15) is 58.3 Å². The molecule has 0 saturated heterocycles. The Labute approximate surface area is 97.2 Å². The van der Waals surface area contributed by atoms with Crippen LogP contribution in [-0.2, 0) is 9.59 Å². The summed E-state index contributed by atoms with van der Waals surface area (Å²) in [7, 11) is 0. The van der Waals surface area contributed by atoms with E-state index in [0.29, 0.717) is 25.7 Å². The Bertz CT molecular complexity index is 248. The van der Waals surface area contributed by atoms with Crippen LogP contribution in [0.5, 0.6) is 0 Å². The van der Waals surface area contributed by atoms with Crippen LogP contribution >= 0.6 is 0 Å². The van der Waals surface area contributed by atoms with Crippen molar-refractivity contribution in [3.05, 3.63) is 0 Å². The van der Waals surface area contributed by atoms with Crippen LogP contribution in [0.2, 0.25) is 0 Å². The minimum absolute atomic E-state index is 0.0647. The largest absolute Gasteiger partial charge is 0.393 e. The lowest BCUT2D eigenvalue weighted by Gasteiger charge is -2.06. The van der Waals surface area contributed by atoms with E-state index >= 15 is 0 Å². The van der Waals surface area contributed by atoms with Gasteiger partial charge in [0.25, 0.3) is 0 Å². The normalized spacial score (nSPS) is 25.0. The second kappa shape index (κ2) is 6.79. The van der Waals surface area contributed by atoms with Gasteiger partial charge in [-0.15, -0.1) is 0 Å². The topological polar surface area (TPSA) is 54.4 Å². The molecule has 1 aliphatic rings. The quantitative estimate of drug-likeness (QED) is 0.677. The molecule has 0 amide bonds. The average Bonchev–Trinajstić information content (AvgIpc) is 2.55. The van der Waals surface area contributed by atoms with E-state index in [-0.39, 0.29) is 23.9 Å². The molecule has 1 aliphatic carbocycles. The van der Waals surface area contributed by atoms with Gasteiger partial charge < -0.3 is 5.11 Å². The van der Waals surface area contributed by atoms with E-state index in [2.05, 4.69) is 6.92 Å². The molecule has 0 bridgehead atoms. The maximum Gasteiger partial charge on any atom is 0.138 e. The molecular weight excluding hydrogens is 204 g/mol. The fraction of sp³-hybridized carbons (Fsp3) is 0.846. The Morgan fingerprint density at radius 2 is 2.12 bits per heavy atom. The lowest BCUT2D eigenvalue weighted by molar-refractivity contribution is -0.122. The molecule has 92 valence electrons. The molecular formula is C13H22O3. The molecule has 0 aliphatic heterocycles. The molecule has 0 radical (unpaired) electrons. The second-order valence-electron chi connectivity index (χ2n) is 4.79. The van der Waals surface area contributed by atoms with Gasteiger partial charge in [0.05, 0.1) is 6.10 Å². The van der Waals surface area contributed by atoms with Crippen molar-refractivity contribution in [2.45, 2.75) is 64.4 Å². The zero-order valence-electron chi connectivity index (χ0n) is 10.1. The van der Waals surface area contributed by atoms with Crippen molar-refractivity contribution in [3.63, 3.8) is 0 Å². The maximum atomic E-state index is 11.5. The summed E-state index contributed by atoms with van der Waals surface area (Å²) in [5, 5.41) is 9.30. The van der Waals surface area contributed by atoms with Gasteiger partial charge in [-0.2, -0.15) is 0 Å². The van der Waals surface area contributed by atoms with Crippen LogP contribution in [0.25, 0.3) is 0 Å². The van der Waals surface area contributed by atoms with Crippen LogP contribution in [-0.4, -0.2) is 22.8 Å². The van der Waals surface area contributed by atoms with Crippen molar-refractivity contribution in [1.29, 1.82) is 0 Å². The highest BCUT2D eigenvalue weighted by atomic mass is 16.3. The number of aliphatic hydroxyl groups is 1. The molecule has 0 heterocycles. The maximum absolute atomic E-state index is 11.5. The van der Waals surface area contributed by atoms with Crippen molar-refractivity contribution in [1.82, 2.24) is 0 Å². The predicted molar refractivity (Wildman–Crippen MR) is 62.1 cm³/mol. The number of aliphatic hydroxyl groups excluding tert-OH is 1. The number of rotatable bonds is 7. The Kier molecular flexibility index (Phi) is 5.67. The van der Waals surface area contributed by atoms with Gasteiger partial charge in [0, 0.05) is 25.2 Å². The number of unbranched alkanes of at least 4 members (excludes halogenated alkanes) is 2. The molecule has 1 unspecified atom stereocenters. The first-order valence-electron chi connectivity index (χ1n) is 6.36. The molecule has 1 N–H and O–H groups in total. The van der Waals surface area contributed by atoms with Crippen LogP contribution in [0, 0.1) is 5.92 Å². The van der Waals surface area contributed by atoms with E-state index in [1.54, 1.807) is 0 Å². The summed E-state index contributed by atoms with van der Waals surface area (Å²) in [5.74, 6) is 0.335. The molecule has 0 aromatic heterocycles. The van der Waals surface area contributed by atoms with Crippen molar-refractivity contribution in [3.8, 4) is 0 Å². The Morgan fingerprint density at radius 3 is 2.69 bits per heavy atom. The van der Waals surface area contributed by atoms with Crippen molar-refractivity contribution in [2.75, 3.05) is 0 Å². The minimum Gasteiger partial charge on any atom is -0.393 e. The van der Waals surface area contributed by atoms with Crippen LogP contribution in [0.3, 0.4) is 0 Å². The number of hydrogen-bond donors (Lipinski definition) is 1. The monoisotopic (exact) mass is 226 g/mol. The SMILES string of the molecule is CCCCCC(=O)CC[C@@H]1CC(O)CC1=O. The second-order valence-corrected chi connectivity index (χ2v) is 4.79. The highest BCUT2D eigenvalue weighted by Gasteiger charge is 2.30. The van der Waals surface area contributed by atoms with Gasteiger partial charge in [0.15, 0.2) is 0 Å². The average molecular weight is 226 g/mol. The van der Waals surface area contributed by atoms with Gasteiger partial charge in [0.2, 0.25) is 0 Å². The zero-order chi connectivity index (χ0) is 12.0. The third kappa shape index (κ3) is 4.44. The zero-order valence-corrected chi connectivity index (χ0v) is 10.1. The smallest absolute Gasteiger partial charge is 0.138 e. The summed E-state index contributed by atoms with van der Waals surface area (Å²) in [5.41, 5.74) is 0. The first kappa shape index (κ1) is 13.4. The summed E-state index contributed by atoms with van der Waals surface area (Å²) >= 11 is 0. The molecule has 1 saturated carbocycles. The standard InChI is InChI=1S/C13H22O3/c1-2-3-4-5-11(14)7-6-10-8-12(15)9-13(10)16/h10,12,15H,2-9H2,1H3/t10-,12?/m1/s1. The minimum atomic E-state index is -0.465. The van der Waals surface area contributed by atoms with Gasteiger partial charge in [-0.3, -0.25) is 9.59 Å². The van der Waals surface area contributed by atoms with Crippen molar-refractivity contribution >= 4 is 11.6 Å². The van der Waals surface area contributed by atoms with Gasteiger partial charge in [-0.05, 0) is 19.3 Å². The van der Waals surface area contributed by atoms with Crippen molar-refractivity contribution < 1.29 is 14.7 Å². The number of ketones is 2. The first-order chi connectivity index (χ1) is 7.63. The Hall–Kier alpha value is -0.700. The summed E-state index contributed by atoms with van der Waals surface area (Å²) in [4.78, 5) is 22.9. The van der Waals surface area contributed by atoms with Gasteiger partial charge in [-0.1, -0.05) is 19.8 Å². The number of carbonyl (C=O) groups excluding carboxylic acids is 2. The summed E-state index contributed by atoms with van der Waals surface area (Å²) in [6.45, 7) is 2.11. The number of carbonyl (C=O) groups is 2. The summed E-state index contributed by atoms with van der Waals surface area (Å²) in [6.07, 6.45) is 5.37. The first-order valence-corrected chi connectivity index (χ1v) is 6.36. The van der Waals surface area contributed by atoms with Gasteiger partial charge >= 0.3 is 0 Å². The van der Waals surface area contributed by atoms with E-state index in [1.165, 1.54) is 0 Å². The highest BCUT2D eigenvalue weighted by molar-refractivity contribution is 5.85. The predicted octanol–water partition coefficient (Wildman–Crippen LogP) is 2.26. The van der Waals surface area contributed by atoms with Crippen LogP contribution in [0.4, 0.5) is 0 Å². The van der Waals surface area contributed by atoms with Gasteiger partial charge in [0.1, 0.15) is 11.6 Å². The molecule has 16 heavy (non-hydrogen) atoms. The molecule has 3 heteroatoms. The van der Waals surface area contributed by atoms with E-state index in [4.69, 9.17) is 0 Å². The molecule has 1 fully saturated rings. The van der Waals surface area contributed by atoms with E-state index < -0.39 is 6.10 Å². The molecule has 3 nitrogen and oxygen atoms in total. The number of hydrogen-bond acceptors (Lipinski definition) is 3. The molecule has 1 rings (SSSR count). The lowest BCUT2D eigenvalue weighted by Crippen LogP contribution is -2.09. The Balaban J connectivity index is 2.14. The van der Waals surface area contributed by atoms with Gasteiger partial charge in [-0.25, -0.2) is 0 Å². The Morgan fingerprint density at radius 1 is 1.38 bits per heavy atom. The molecule has 0 aromatic carbocycles. The van der Waals surface area contributed by atoms with E-state index in [0.717, 1.165) is 19.3 Å².